The lowest BCUT2D eigenvalue weighted by atomic mass is 10.2. The molecule has 186 valence electrons. The zero-order valence-electron chi connectivity index (χ0n) is 19.2. The first-order valence-electron chi connectivity index (χ1n) is 11.0. The number of fused-ring (bicyclic) bond motifs is 1. The molecule has 0 unspecified atom stereocenters. The van der Waals surface area contributed by atoms with Crippen LogP contribution in [0.15, 0.2) is 81.3 Å². The Kier molecular flexibility index (Phi) is 8.10. The van der Waals surface area contributed by atoms with Crippen molar-refractivity contribution in [2.45, 2.75) is 29.6 Å². The number of nitrogens with zero attached hydrogens (tertiary/aromatic N) is 1. The molecule has 4 rings (SSSR count). The third kappa shape index (κ3) is 5.78. The van der Waals surface area contributed by atoms with Gasteiger partial charge in [-0.05, 0) is 55.8 Å². The molecule has 0 radical (unpaired) electrons. The van der Waals surface area contributed by atoms with E-state index in [1.807, 2.05) is 13.0 Å². The summed E-state index contributed by atoms with van der Waals surface area (Å²) in [6.45, 7) is 2.31. The van der Waals surface area contributed by atoms with Gasteiger partial charge in [0, 0.05) is 29.5 Å². The molecule has 0 aliphatic carbocycles. The van der Waals surface area contributed by atoms with E-state index in [1.54, 1.807) is 60.8 Å². The number of hydrogen-bond donors (Lipinski definition) is 2. The average Bonchev–Trinajstić information content (AvgIpc) is 2.85. The number of nitrogens with one attached hydrogen (secondary N) is 1. The number of sulfone groups is 1. The maximum Gasteiger partial charge on any atom is 0.248 e. The number of aromatic nitrogens is 1. The first-order chi connectivity index (χ1) is 17.2. The number of benzene rings is 3. The molecule has 6 nitrogen and oxygen atoms in total. The van der Waals surface area contributed by atoms with Crippen LogP contribution in [0.3, 0.4) is 0 Å². The molecule has 4 aromatic rings. The van der Waals surface area contributed by atoms with Gasteiger partial charge in [-0.15, -0.1) is 3.98 Å². The molecule has 0 amide bonds. The molecule has 0 bridgehead atoms. The van der Waals surface area contributed by atoms with Crippen LogP contribution >= 0.6 is 36.0 Å². The van der Waals surface area contributed by atoms with Crippen LogP contribution in [-0.2, 0) is 9.84 Å². The van der Waals surface area contributed by atoms with Crippen molar-refractivity contribution in [1.29, 1.82) is 0 Å². The number of pyridine rings is 1. The van der Waals surface area contributed by atoms with E-state index < -0.39 is 9.84 Å². The predicted octanol–water partition coefficient (Wildman–Crippen LogP) is 6.39. The SMILES string of the molecule is Cc1ccc(S(=O)(=O)c2c([N+](S)=CCCCOc3ccc4[nH]c(=O)ccc4c3)ccc(Cl)c2Cl)cc1. The highest BCUT2D eigenvalue weighted by Crippen LogP contribution is 2.40. The Morgan fingerprint density at radius 3 is 2.53 bits per heavy atom. The number of rotatable bonds is 8. The summed E-state index contributed by atoms with van der Waals surface area (Å²) in [5.74, 6) is 0.688. The molecule has 10 heteroatoms. The summed E-state index contributed by atoms with van der Waals surface area (Å²) in [6.07, 6.45) is 2.97. The number of H-pyrrole nitrogens is 1. The predicted molar refractivity (Wildman–Crippen MR) is 147 cm³/mol. The molecule has 0 saturated heterocycles. The maximum absolute atomic E-state index is 13.4. The van der Waals surface area contributed by atoms with E-state index in [0.29, 0.717) is 30.9 Å². The summed E-state index contributed by atoms with van der Waals surface area (Å²) < 4.78 is 34.1. The van der Waals surface area contributed by atoms with Crippen LogP contribution in [-0.4, -0.2) is 30.2 Å². The van der Waals surface area contributed by atoms with Gasteiger partial charge in [0.15, 0.2) is 11.1 Å². The first-order valence-corrected chi connectivity index (χ1v) is 13.7. The molecule has 0 saturated carbocycles. The normalized spacial score (nSPS) is 12.2. The van der Waals surface area contributed by atoms with Crippen molar-refractivity contribution in [3.05, 3.63) is 92.7 Å². The van der Waals surface area contributed by atoms with Crippen LogP contribution in [0.5, 0.6) is 5.75 Å². The Morgan fingerprint density at radius 2 is 1.78 bits per heavy atom. The van der Waals surface area contributed by atoms with Crippen molar-refractivity contribution in [2.24, 2.45) is 0 Å². The van der Waals surface area contributed by atoms with Crippen molar-refractivity contribution in [3.8, 4) is 5.75 Å². The van der Waals surface area contributed by atoms with Gasteiger partial charge in [-0.1, -0.05) is 40.9 Å². The standard InChI is InChI=1S/C26H22Cl2N2O4S2/c1-17-4-8-20(9-5-17)36(32,33)26-23(12-10-21(27)25(26)28)30(35)14-2-3-15-34-19-7-11-22-18(16-19)6-13-24(31)29-22/h4-14,16H,2-3,15H2,1H3,(H-,29,31,35)/p+1. The van der Waals surface area contributed by atoms with Crippen molar-refractivity contribution in [3.63, 3.8) is 0 Å². The Hall–Kier alpha value is -2.78. The Morgan fingerprint density at radius 1 is 1.03 bits per heavy atom. The highest BCUT2D eigenvalue weighted by molar-refractivity contribution is 7.91. The second kappa shape index (κ2) is 11.1. The Bertz CT molecular complexity index is 1620. The minimum Gasteiger partial charge on any atom is -0.494 e. The van der Waals surface area contributed by atoms with Crippen LogP contribution in [0.1, 0.15) is 18.4 Å². The van der Waals surface area contributed by atoms with Gasteiger partial charge in [0.25, 0.3) is 0 Å². The zero-order chi connectivity index (χ0) is 25.9. The molecule has 3 aromatic carbocycles. The van der Waals surface area contributed by atoms with Crippen LogP contribution in [0.2, 0.25) is 10.0 Å². The lowest BCUT2D eigenvalue weighted by molar-refractivity contribution is -0.232. The van der Waals surface area contributed by atoms with Gasteiger partial charge < -0.3 is 9.72 Å². The lowest BCUT2D eigenvalue weighted by Crippen LogP contribution is -2.08. The van der Waals surface area contributed by atoms with Crippen molar-refractivity contribution >= 4 is 68.7 Å². The third-order valence-electron chi connectivity index (χ3n) is 5.49. The van der Waals surface area contributed by atoms with E-state index in [9.17, 15) is 13.2 Å². The molecule has 1 heterocycles. The van der Waals surface area contributed by atoms with Gasteiger partial charge in [-0.3, -0.25) is 4.79 Å². The molecular weight excluding hydrogens is 539 g/mol. The summed E-state index contributed by atoms with van der Waals surface area (Å²) >= 11 is 17.1. The van der Waals surface area contributed by atoms with Crippen LogP contribution in [0.4, 0.5) is 5.69 Å². The quantitative estimate of drug-likeness (QED) is 0.113. The summed E-state index contributed by atoms with van der Waals surface area (Å²) in [7, 11) is -3.95. The van der Waals surface area contributed by atoms with Crippen LogP contribution in [0.25, 0.3) is 10.9 Å². The Balaban J connectivity index is 1.49. The molecule has 0 spiro atoms. The van der Waals surface area contributed by atoms with Crippen molar-refractivity contribution in [2.75, 3.05) is 6.61 Å². The summed E-state index contributed by atoms with van der Waals surface area (Å²) in [5.41, 5.74) is 1.83. The van der Waals surface area contributed by atoms with E-state index in [-0.39, 0.29) is 25.4 Å². The molecule has 1 N–H and O–H groups in total. The van der Waals surface area contributed by atoms with E-state index in [1.165, 1.54) is 10.0 Å². The van der Waals surface area contributed by atoms with Crippen LogP contribution in [0, 0.1) is 6.92 Å². The Labute approximate surface area is 224 Å². The highest BCUT2D eigenvalue weighted by Gasteiger charge is 2.31. The van der Waals surface area contributed by atoms with Gasteiger partial charge in [-0.2, -0.15) is 0 Å². The third-order valence-corrected chi connectivity index (χ3v) is 8.63. The van der Waals surface area contributed by atoms with Gasteiger partial charge in [0.05, 0.1) is 21.5 Å². The topological polar surface area (TPSA) is 79.2 Å². The molecular formula is C26H23Cl2N2O4S2+. The lowest BCUT2D eigenvalue weighted by Gasteiger charge is -2.10. The fourth-order valence-electron chi connectivity index (χ4n) is 3.60. The van der Waals surface area contributed by atoms with Gasteiger partial charge in [0.2, 0.25) is 21.1 Å². The second-order valence-corrected chi connectivity index (χ2v) is 11.2. The molecule has 0 aliphatic heterocycles. The number of aromatic amines is 1. The molecule has 1 aromatic heterocycles. The van der Waals surface area contributed by atoms with E-state index >= 15 is 0 Å². The van der Waals surface area contributed by atoms with Crippen molar-refractivity contribution < 1.29 is 17.1 Å². The average molecular weight is 563 g/mol. The number of hydrogen-bond acceptors (Lipinski definition) is 5. The zero-order valence-corrected chi connectivity index (χ0v) is 22.5. The minimum atomic E-state index is -3.95. The summed E-state index contributed by atoms with van der Waals surface area (Å²) in [6, 6.07) is 18.3. The van der Waals surface area contributed by atoms with Gasteiger partial charge in [-0.25, -0.2) is 8.42 Å². The van der Waals surface area contributed by atoms with Gasteiger partial charge >= 0.3 is 0 Å². The molecule has 36 heavy (non-hydrogen) atoms. The molecule has 0 atom stereocenters. The fraction of sp³-hybridized carbons (Fsp3) is 0.154. The van der Waals surface area contributed by atoms with E-state index in [0.717, 1.165) is 16.5 Å². The second-order valence-electron chi connectivity index (χ2n) is 8.12. The van der Waals surface area contributed by atoms with Crippen LogP contribution < -0.4 is 10.3 Å². The van der Waals surface area contributed by atoms with E-state index in [2.05, 4.69) is 17.8 Å². The monoisotopic (exact) mass is 561 g/mol. The fourth-order valence-corrected chi connectivity index (χ4v) is 6.15. The number of unbranched alkanes of at least 4 members (excludes halogenated alkanes) is 1. The minimum absolute atomic E-state index is 0.0526. The number of thiol groups is 1. The number of halogens is 2. The first kappa shape index (κ1) is 26.3. The maximum atomic E-state index is 13.4. The smallest absolute Gasteiger partial charge is 0.248 e. The summed E-state index contributed by atoms with van der Waals surface area (Å²) in [4.78, 5) is 14.2. The number of ether oxygens (including phenoxy) is 1. The van der Waals surface area contributed by atoms with E-state index in [4.69, 9.17) is 27.9 Å². The summed E-state index contributed by atoms with van der Waals surface area (Å²) in [5, 5.41) is 0.964. The van der Waals surface area contributed by atoms with Gasteiger partial charge in [0.1, 0.15) is 18.6 Å². The van der Waals surface area contributed by atoms with Crippen molar-refractivity contribution in [1.82, 2.24) is 4.98 Å². The highest BCUT2D eigenvalue weighted by atomic mass is 35.5. The number of aryl methyl sites for hydroxylation is 1. The molecule has 0 aliphatic rings. The largest absolute Gasteiger partial charge is 0.494 e. The molecule has 0 fully saturated rings.